The quantitative estimate of drug-likeness (QED) is 0.569. The van der Waals surface area contributed by atoms with E-state index in [2.05, 4.69) is 20.6 Å². The number of rotatable bonds is 4. The van der Waals surface area contributed by atoms with Crippen LogP contribution < -0.4 is 4.74 Å². The van der Waals surface area contributed by atoms with Gasteiger partial charge in [-0.1, -0.05) is 42.5 Å². The van der Waals surface area contributed by atoms with Gasteiger partial charge in [0.15, 0.2) is 5.82 Å². The van der Waals surface area contributed by atoms with Crippen LogP contribution in [0.5, 0.6) is 5.75 Å². The second kappa shape index (κ2) is 6.16. The molecule has 2 aromatic rings. The highest BCUT2D eigenvalue weighted by Gasteiger charge is 2.12. The van der Waals surface area contributed by atoms with Crippen LogP contribution in [0.1, 0.15) is 5.56 Å². The Balaban J connectivity index is 1.65. The summed E-state index contributed by atoms with van der Waals surface area (Å²) < 4.78 is 7.40. The van der Waals surface area contributed by atoms with E-state index in [1.807, 2.05) is 67.0 Å². The van der Waals surface area contributed by atoms with E-state index in [9.17, 15) is 0 Å². The Kier molecular flexibility index (Phi) is 3.71. The molecule has 0 spiro atoms. The Morgan fingerprint density at radius 2 is 1.75 bits per heavy atom. The van der Waals surface area contributed by atoms with E-state index in [0.29, 0.717) is 0 Å². The van der Waals surface area contributed by atoms with Crippen LogP contribution in [0, 0.1) is 0 Å². The van der Waals surface area contributed by atoms with Crippen LogP contribution >= 0.6 is 0 Å². The summed E-state index contributed by atoms with van der Waals surface area (Å²) in [6, 6.07) is 20.1. The highest BCUT2D eigenvalue weighted by molar-refractivity contribution is 5.65. The number of benzene rings is 2. The molecule has 2 aliphatic heterocycles. The highest BCUT2D eigenvalue weighted by atomic mass is 16.5. The predicted molar refractivity (Wildman–Crippen MR) is 94.2 cm³/mol. The van der Waals surface area contributed by atoms with Crippen molar-refractivity contribution in [3.8, 4) is 28.5 Å². The van der Waals surface area contributed by atoms with Crippen molar-refractivity contribution in [2.75, 3.05) is 7.11 Å². The van der Waals surface area contributed by atoms with Gasteiger partial charge in [0.25, 0.3) is 0 Å². The first-order valence-corrected chi connectivity index (χ1v) is 7.84. The van der Waals surface area contributed by atoms with Gasteiger partial charge >= 0.3 is 0 Å². The van der Waals surface area contributed by atoms with Gasteiger partial charge in [-0.15, -0.1) is 0 Å². The van der Waals surface area contributed by atoms with Crippen molar-refractivity contribution in [3.05, 3.63) is 78.6 Å². The van der Waals surface area contributed by atoms with Gasteiger partial charge < -0.3 is 9.30 Å². The first-order chi connectivity index (χ1) is 11.8. The standard InChI is InChI=1S/C20H17N3O/c1-24-17-9-5-6-15(12-17)13-23-11-10-18-19(14-23)22-20(21-18)16-7-3-2-4-8-16/h2-12,14H,13H2,1H3. The number of pyridine rings is 1. The lowest BCUT2D eigenvalue weighted by Crippen LogP contribution is -2.01. The van der Waals surface area contributed by atoms with E-state index in [4.69, 9.17) is 4.74 Å². The van der Waals surface area contributed by atoms with Gasteiger partial charge in [0.05, 0.1) is 12.8 Å². The van der Waals surface area contributed by atoms with Gasteiger partial charge in [-0.3, -0.25) is 0 Å². The Hall–Kier alpha value is -3.14. The molecule has 0 aromatic heterocycles. The fourth-order valence-electron chi connectivity index (χ4n) is 2.75. The van der Waals surface area contributed by atoms with Gasteiger partial charge in [0, 0.05) is 24.5 Å². The van der Waals surface area contributed by atoms with Gasteiger partial charge in [-0.2, -0.15) is 0 Å². The summed E-state index contributed by atoms with van der Waals surface area (Å²) in [7, 11) is 1.68. The first kappa shape index (κ1) is 14.5. The average Bonchev–Trinajstić information content (AvgIpc) is 3.06. The first-order valence-electron chi connectivity index (χ1n) is 7.84. The summed E-state index contributed by atoms with van der Waals surface area (Å²) in [6.45, 7) is 0.765. The molecule has 4 rings (SSSR count). The Morgan fingerprint density at radius 1 is 0.917 bits per heavy atom. The summed E-state index contributed by atoms with van der Waals surface area (Å²) >= 11 is 0. The van der Waals surface area contributed by atoms with Crippen LogP contribution in [-0.2, 0) is 6.54 Å². The zero-order valence-electron chi connectivity index (χ0n) is 13.4. The van der Waals surface area contributed by atoms with Crippen LogP contribution in [-0.4, -0.2) is 21.6 Å². The molecule has 0 fully saturated rings. The fraction of sp³-hybridized carbons (Fsp3) is 0.100. The summed E-state index contributed by atoms with van der Waals surface area (Å²) in [5, 5.41) is 0. The number of imidazole rings is 1. The monoisotopic (exact) mass is 315 g/mol. The zero-order valence-corrected chi connectivity index (χ0v) is 13.4. The molecule has 2 aromatic carbocycles. The van der Waals surface area contributed by atoms with Gasteiger partial charge in [0.1, 0.15) is 11.4 Å². The molecule has 0 saturated heterocycles. The Morgan fingerprint density at radius 3 is 2.58 bits per heavy atom. The number of aromatic nitrogens is 3. The van der Waals surface area contributed by atoms with Gasteiger partial charge in [-0.05, 0) is 23.8 Å². The van der Waals surface area contributed by atoms with Crippen molar-refractivity contribution in [2.24, 2.45) is 0 Å². The SMILES string of the molecule is COc1cccc(Cn2ccc3nc(-c4ccccc4)nc-3c2)c1. The maximum Gasteiger partial charge on any atom is 0.160 e. The average molecular weight is 315 g/mol. The lowest BCUT2D eigenvalue weighted by molar-refractivity contribution is 0.414. The number of ether oxygens (including phenoxy) is 1. The van der Waals surface area contributed by atoms with Crippen LogP contribution in [0.3, 0.4) is 0 Å². The molecule has 2 heterocycles. The molecule has 0 atom stereocenters. The smallest absolute Gasteiger partial charge is 0.160 e. The number of hydrogen-bond donors (Lipinski definition) is 0. The minimum Gasteiger partial charge on any atom is -0.497 e. The van der Waals surface area contributed by atoms with Crippen molar-refractivity contribution < 1.29 is 4.74 Å². The van der Waals surface area contributed by atoms with E-state index >= 15 is 0 Å². The van der Waals surface area contributed by atoms with E-state index in [1.54, 1.807) is 7.11 Å². The molecule has 24 heavy (non-hydrogen) atoms. The molecular formula is C20H17N3O. The third-order valence-corrected chi connectivity index (χ3v) is 3.96. The largest absolute Gasteiger partial charge is 0.497 e. The molecule has 0 N–H and O–H groups in total. The van der Waals surface area contributed by atoms with Crippen molar-refractivity contribution in [2.45, 2.75) is 6.54 Å². The molecule has 4 heteroatoms. The maximum atomic E-state index is 5.28. The van der Waals surface area contributed by atoms with Crippen molar-refractivity contribution >= 4 is 0 Å². The highest BCUT2D eigenvalue weighted by Crippen LogP contribution is 2.24. The molecular weight excluding hydrogens is 298 g/mol. The van der Waals surface area contributed by atoms with Crippen molar-refractivity contribution in [1.82, 2.24) is 14.5 Å². The van der Waals surface area contributed by atoms with E-state index in [1.165, 1.54) is 5.56 Å². The molecule has 0 radical (unpaired) electrons. The fourth-order valence-corrected chi connectivity index (χ4v) is 2.75. The minimum atomic E-state index is 0.765. The Labute approximate surface area is 140 Å². The maximum absolute atomic E-state index is 5.28. The Bertz CT molecular complexity index is 931. The van der Waals surface area contributed by atoms with Gasteiger partial charge in [0.2, 0.25) is 0 Å². The van der Waals surface area contributed by atoms with E-state index in [0.717, 1.165) is 35.1 Å². The number of nitrogens with zero attached hydrogens (tertiary/aromatic N) is 3. The molecule has 0 amide bonds. The number of methoxy groups -OCH3 is 1. The van der Waals surface area contributed by atoms with Crippen LogP contribution in [0.15, 0.2) is 73.1 Å². The van der Waals surface area contributed by atoms with Crippen LogP contribution in [0.25, 0.3) is 22.8 Å². The normalized spacial score (nSPS) is 10.9. The predicted octanol–water partition coefficient (Wildman–Crippen LogP) is 4.11. The summed E-state index contributed by atoms with van der Waals surface area (Å²) in [4.78, 5) is 9.28. The molecule has 118 valence electrons. The van der Waals surface area contributed by atoms with Gasteiger partial charge in [-0.25, -0.2) is 9.97 Å². The molecule has 0 aliphatic carbocycles. The van der Waals surface area contributed by atoms with Crippen molar-refractivity contribution in [3.63, 3.8) is 0 Å². The zero-order chi connectivity index (χ0) is 16.4. The van der Waals surface area contributed by atoms with E-state index < -0.39 is 0 Å². The van der Waals surface area contributed by atoms with E-state index in [-0.39, 0.29) is 0 Å². The summed E-state index contributed by atoms with van der Waals surface area (Å²) in [5.41, 5.74) is 4.03. The third kappa shape index (κ3) is 2.86. The van der Waals surface area contributed by atoms with Crippen LogP contribution in [0.2, 0.25) is 0 Å². The topological polar surface area (TPSA) is 39.9 Å². The second-order valence-electron chi connectivity index (χ2n) is 5.65. The molecule has 0 bridgehead atoms. The number of fused-ring (bicyclic) bond motifs is 1. The summed E-state index contributed by atoms with van der Waals surface area (Å²) in [5.74, 6) is 1.64. The summed E-state index contributed by atoms with van der Waals surface area (Å²) in [6.07, 6.45) is 4.07. The molecule has 0 unspecified atom stereocenters. The molecule has 4 nitrogen and oxygen atoms in total. The van der Waals surface area contributed by atoms with Crippen LogP contribution in [0.4, 0.5) is 0 Å². The lowest BCUT2D eigenvalue weighted by Gasteiger charge is -2.09. The minimum absolute atomic E-state index is 0.765. The number of hydrogen-bond acceptors (Lipinski definition) is 3. The second-order valence-corrected chi connectivity index (χ2v) is 5.65. The van der Waals surface area contributed by atoms with Crippen molar-refractivity contribution in [1.29, 1.82) is 0 Å². The molecule has 2 aliphatic rings. The third-order valence-electron chi connectivity index (χ3n) is 3.96. The molecule has 0 saturated carbocycles. The lowest BCUT2D eigenvalue weighted by atomic mass is 10.2.